The third-order valence-corrected chi connectivity index (χ3v) is 2.20. The average molecular weight is 255 g/mol. The number of benzene rings is 1. The van der Waals surface area contributed by atoms with E-state index in [4.69, 9.17) is 0 Å². The van der Waals surface area contributed by atoms with Crippen LogP contribution in [0.4, 0.5) is 5.69 Å². The lowest BCUT2D eigenvalue weighted by atomic mass is 10.0. The molecule has 1 heteroatoms. The summed E-state index contributed by atoms with van der Waals surface area (Å²) in [6.45, 7) is 15.3. The molecule has 1 nitrogen and oxygen atoms in total. The maximum Gasteiger partial charge on any atom is 0.0375 e. The molecule has 1 aromatic rings. The van der Waals surface area contributed by atoms with Gasteiger partial charge in [-0.15, -0.1) is 0 Å². The molecule has 1 aromatic carbocycles. The minimum absolute atomic E-state index is 0. The van der Waals surface area contributed by atoms with Crippen LogP contribution in [0.15, 0.2) is 18.2 Å². The normalized spacial score (nSPS) is 10.4. The molecular weight excluding hydrogens is 218 g/mol. The molecule has 2 rings (SSSR count). The highest BCUT2D eigenvalue weighted by Crippen LogP contribution is 2.22. The third-order valence-electron chi connectivity index (χ3n) is 2.20. The Morgan fingerprint density at radius 2 is 1.56 bits per heavy atom. The summed E-state index contributed by atoms with van der Waals surface area (Å²) in [6.07, 6.45) is 2.51. The Kier molecular flexibility index (Phi) is 19.8. The van der Waals surface area contributed by atoms with Crippen LogP contribution < -0.4 is 5.32 Å². The van der Waals surface area contributed by atoms with Gasteiger partial charge in [0.05, 0.1) is 0 Å². The van der Waals surface area contributed by atoms with Gasteiger partial charge in [-0.3, -0.25) is 0 Å². The van der Waals surface area contributed by atoms with Crippen LogP contribution >= 0.6 is 0 Å². The first-order valence-corrected chi connectivity index (χ1v) is 7.20. The predicted molar refractivity (Wildman–Crippen MR) is 90.9 cm³/mol. The molecule has 0 unspecified atom stereocenters. The summed E-state index contributed by atoms with van der Waals surface area (Å²) in [5.74, 6) is 0. The van der Waals surface area contributed by atoms with E-state index in [1.54, 1.807) is 0 Å². The number of anilines is 1. The molecule has 0 aromatic heterocycles. The van der Waals surface area contributed by atoms with Crippen molar-refractivity contribution in [3.8, 4) is 0 Å². The van der Waals surface area contributed by atoms with Gasteiger partial charge in [-0.25, -0.2) is 0 Å². The predicted octanol–water partition coefficient (Wildman–Crippen LogP) is 6.31. The number of fused-ring (bicyclic) bond motifs is 1. The number of rotatable bonds is 0. The molecule has 0 saturated heterocycles. The summed E-state index contributed by atoms with van der Waals surface area (Å²) in [4.78, 5) is 0. The van der Waals surface area contributed by atoms with Crippen molar-refractivity contribution in [2.24, 2.45) is 0 Å². The Morgan fingerprint density at radius 3 is 2.11 bits per heavy atom. The fraction of sp³-hybridized carbons (Fsp3) is 0.647. The van der Waals surface area contributed by atoms with E-state index < -0.39 is 0 Å². The summed E-state index contributed by atoms with van der Waals surface area (Å²) >= 11 is 0. The Bertz CT molecular complexity index is 272. The van der Waals surface area contributed by atoms with Crippen molar-refractivity contribution < 1.29 is 1.43 Å². The van der Waals surface area contributed by atoms with Crippen molar-refractivity contribution in [3.63, 3.8) is 0 Å². The maximum atomic E-state index is 3.40. The van der Waals surface area contributed by atoms with Gasteiger partial charge in [0.15, 0.2) is 0 Å². The van der Waals surface area contributed by atoms with Crippen molar-refractivity contribution in [1.29, 1.82) is 0 Å². The molecule has 0 saturated carbocycles. The van der Waals surface area contributed by atoms with E-state index in [2.05, 4.69) is 30.4 Å². The van der Waals surface area contributed by atoms with Crippen LogP contribution in [0.3, 0.4) is 0 Å². The van der Waals surface area contributed by atoms with E-state index in [1.807, 2.05) is 41.5 Å². The highest BCUT2D eigenvalue weighted by Gasteiger charge is 2.06. The number of nitrogens with one attached hydrogen (secondary N) is 1. The molecule has 18 heavy (non-hydrogen) atoms. The topological polar surface area (TPSA) is 12.0 Å². The smallest absolute Gasteiger partial charge is 0.0375 e. The highest BCUT2D eigenvalue weighted by molar-refractivity contribution is 5.54. The van der Waals surface area contributed by atoms with E-state index in [-0.39, 0.29) is 8.85 Å². The first kappa shape index (κ1) is 22.2. The van der Waals surface area contributed by atoms with E-state index in [9.17, 15) is 0 Å². The van der Waals surface area contributed by atoms with E-state index in [1.165, 1.54) is 29.7 Å². The summed E-state index contributed by atoms with van der Waals surface area (Å²) in [6, 6.07) is 6.65. The lowest BCUT2D eigenvalue weighted by Gasteiger charge is -2.17. The van der Waals surface area contributed by atoms with Crippen molar-refractivity contribution >= 4 is 5.69 Å². The van der Waals surface area contributed by atoms with Crippen LogP contribution in [0.25, 0.3) is 0 Å². The first-order valence-electron chi connectivity index (χ1n) is 7.20. The Morgan fingerprint density at radius 1 is 1.00 bits per heavy atom. The Labute approximate surface area is 117 Å². The summed E-state index contributed by atoms with van der Waals surface area (Å²) in [5, 5.41) is 3.40. The molecule has 0 aliphatic carbocycles. The fourth-order valence-corrected chi connectivity index (χ4v) is 1.57. The van der Waals surface area contributed by atoms with Crippen LogP contribution in [-0.2, 0) is 6.42 Å². The standard InChI is InChI=1S/C10H13N.3C2H6.CH4.H2/c1-8-4-5-9-3-2-6-11-10(9)7-8;3*1-2;;/h4-5,7,11H,2-3,6H2,1H3;3*1-2H3;1H4;1H. The largest absolute Gasteiger partial charge is 0.385 e. The van der Waals surface area contributed by atoms with Gasteiger partial charge in [0, 0.05) is 13.7 Å². The molecule has 0 fully saturated rings. The quantitative estimate of drug-likeness (QED) is 0.572. The molecule has 0 bridgehead atoms. The molecule has 0 spiro atoms. The Balaban J connectivity index is -0.000000126. The van der Waals surface area contributed by atoms with Crippen LogP contribution in [0.2, 0.25) is 0 Å². The molecule has 1 heterocycles. The van der Waals surface area contributed by atoms with Gasteiger partial charge < -0.3 is 5.32 Å². The lowest BCUT2D eigenvalue weighted by Crippen LogP contribution is -2.11. The van der Waals surface area contributed by atoms with Crippen molar-refractivity contribution in [1.82, 2.24) is 0 Å². The zero-order valence-electron chi connectivity index (χ0n) is 12.9. The maximum absolute atomic E-state index is 3.40. The molecule has 0 radical (unpaired) electrons. The monoisotopic (exact) mass is 255 g/mol. The molecule has 1 aliphatic rings. The molecule has 1 N–H and O–H groups in total. The van der Waals surface area contributed by atoms with Crippen LogP contribution in [-0.4, -0.2) is 6.54 Å². The Hall–Kier alpha value is -0.980. The minimum atomic E-state index is 0. The van der Waals surface area contributed by atoms with E-state index in [0.29, 0.717) is 0 Å². The van der Waals surface area contributed by atoms with E-state index in [0.717, 1.165) is 6.54 Å². The zero-order chi connectivity index (χ0) is 13.7. The fourth-order valence-electron chi connectivity index (χ4n) is 1.57. The summed E-state index contributed by atoms with van der Waals surface area (Å²) in [5.41, 5.74) is 4.16. The second-order valence-electron chi connectivity index (χ2n) is 3.19. The second kappa shape index (κ2) is 16.0. The zero-order valence-corrected chi connectivity index (χ0v) is 12.9. The lowest BCUT2D eigenvalue weighted by molar-refractivity contribution is 0.829. The highest BCUT2D eigenvalue weighted by atomic mass is 14.9. The average Bonchev–Trinajstić information content (AvgIpc) is 2.45. The molecule has 0 amide bonds. The minimum Gasteiger partial charge on any atom is -0.385 e. The summed E-state index contributed by atoms with van der Waals surface area (Å²) in [7, 11) is 0. The molecule has 110 valence electrons. The summed E-state index contributed by atoms with van der Waals surface area (Å²) < 4.78 is 0. The number of aryl methyl sites for hydroxylation is 2. The van der Waals surface area contributed by atoms with Gasteiger partial charge in [-0.05, 0) is 37.0 Å². The van der Waals surface area contributed by atoms with Gasteiger partial charge in [-0.2, -0.15) is 0 Å². The third kappa shape index (κ3) is 8.16. The second-order valence-corrected chi connectivity index (χ2v) is 3.19. The van der Waals surface area contributed by atoms with Gasteiger partial charge >= 0.3 is 0 Å². The van der Waals surface area contributed by atoms with E-state index >= 15 is 0 Å². The van der Waals surface area contributed by atoms with Crippen molar-refractivity contribution in [2.45, 2.75) is 68.7 Å². The number of hydrogen-bond donors (Lipinski definition) is 1. The van der Waals surface area contributed by atoms with Gasteiger partial charge in [-0.1, -0.05) is 61.1 Å². The van der Waals surface area contributed by atoms with Gasteiger partial charge in [0.1, 0.15) is 0 Å². The van der Waals surface area contributed by atoms with Crippen molar-refractivity contribution in [2.75, 3.05) is 11.9 Å². The van der Waals surface area contributed by atoms with Gasteiger partial charge in [0.2, 0.25) is 0 Å². The molecule has 1 aliphatic heterocycles. The van der Waals surface area contributed by atoms with Gasteiger partial charge in [0.25, 0.3) is 0 Å². The van der Waals surface area contributed by atoms with Crippen LogP contribution in [0.1, 0.15) is 67.9 Å². The van der Waals surface area contributed by atoms with Crippen LogP contribution in [0.5, 0.6) is 0 Å². The molecule has 0 atom stereocenters. The first-order chi connectivity index (χ1) is 8.36. The SMILES string of the molecule is C.CC.CC.CC.Cc1ccc2c(c1)NCCC2.[HH]. The van der Waals surface area contributed by atoms with Crippen LogP contribution in [0, 0.1) is 6.92 Å². The molecular formula is C17H37N. The number of hydrogen-bond acceptors (Lipinski definition) is 1. The van der Waals surface area contributed by atoms with Crippen molar-refractivity contribution in [3.05, 3.63) is 29.3 Å².